The van der Waals surface area contributed by atoms with Crippen molar-refractivity contribution in [3.8, 4) is 5.75 Å². The Bertz CT molecular complexity index is 1000. The molecule has 1 amide bonds. The standard InChI is InChI=1S/C24H28N2O3/c1-16-10-12-26(13-11-16)15-19-20(27)8-9-21-23(19)22(17(2)29-21)24(28)25-14-18-6-4-3-5-7-18/h3-9,16,27H,10-15H2,1-2H3,(H,25,28). The molecule has 0 radical (unpaired) electrons. The molecular weight excluding hydrogens is 364 g/mol. The van der Waals surface area contributed by atoms with E-state index in [0.717, 1.165) is 48.4 Å². The first-order valence-electron chi connectivity index (χ1n) is 10.3. The van der Waals surface area contributed by atoms with Gasteiger partial charge in [-0.2, -0.15) is 0 Å². The van der Waals surface area contributed by atoms with Gasteiger partial charge in [-0.3, -0.25) is 9.69 Å². The molecule has 0 unspecified atom stereocenters. The Hall–Kier alpha value is -2.79. The first kappa shape index (κ1) is 19.5. The topological polar surface area (TPSA) is 65.7 Å². The zero-order valence-electron chi connectivity index (χ0n) is 17.1. The predicted molar refractivity (Wildman–Crippen MR) is 114 cm³/mol. The van der Waals surface area contributed by atoms with Crippen LogP contribution in [0.15, 0.2) is 46.9 Å². The number of benzene rings is 2. The van der Waals surface area contributed by atoms with E-state index in [1.165, 1.54) is 0 Å². The van der Waals surface area contributed by atoms with E-state index in [1.807, 2.05) is 30.3 Å². The summed E-state index contributed by atoms with van der Waals surface area (Å²) in [5, 5.41) is 14.3. The fourth-order valence-corrected chi connectivity index (χ4v) is 4.11. The number of aromatic hydroxyl groups is 1. The number of fused-ring (bicyclic) bond motifs is 1. The van der Waals surface area contributed by atoms with Gasteiger partial charge in [0.05, 0.1) is 5.56 Å². The number of aryl methyl sites for hydroxylation is 1. The molecule has 0 saturated carbocycles. The second kappa shape index (κ2) is 8.29. The lowest BCUT2D eigenvalue weighted by atomic mass is 9.97. The van der Waals surface area contributed by atoms with E-state index in [4.69, 9.17) is 4.42 Å². The SMILES string of the molecule is Cc1oc2ccc(O)c(CN3CCC(C)CC3)c2c1C(=O)NCc1ccccc1. The summed E-state index contributed by atoms with van der Waals surface area (Å²) in [6.07, 6.45) is 2.32. The molecule has 4 rings (SSSR count). The predicted octanol–water partition coefficient (Wildman–Crippen LogP) is 4.61. The van der Waals surface area contributed by atoms with Crippen molar-refractivity contribution in [2.24, 2.45) is 5.92 Å². The number of furan rings is 1. The van der Waals surface area contributed by atoms with Crippen LogP contribution in [-0.2, 0) is 13.1 Å². The average Bonchev–Trinajstić information content (AvgIpc) is 3.07. The number of likely N-dealkylation sites (tertiary alicyclic amines) is 1. The zero-order valence-corrected chi connectivity index (χ0v) is 17.1. The number of nitrogens with zero attached hydrogens (tertiary/aromatic N) is 1. The van der Waals surface area contributed by atoms with Crippen LogP contribution in [-0.4, -0.2) is 29.0 Å². The Morgan fingerprint density at radius 3 is 2.62 bits per heavy atom. The van der Waals surface area contributed by atoms with Gasteiger partial charge in [0.1, 0.15) is 17.1 Å². The van der Waals surface area contributed by atoms with Crippen molar-refractivity contribution >= 4 is 16.9 Å². The molecule has 2 heterocycles. The molecule has 0 aliphatic carbocycles. The van der Waals surface area contributed by atoms with Crippen LogP contribution >= 0.6 is 0 Å². The van der Waals surface area contributed by atoms with Gasteiger partial charge in [0, 0.05) is 24.0 Å². The summed E-state index contributed by atoms with van der Waals surface area (Å²) < 4.78 is 5.88. The highest BCUT2D eigenvalue weighted by Gasteiger charge is 2.25. The number of carbonyl (C=O) groups excluding carboxylic acids is 1. The monoisotopic (exact) mass is 392 g/mol. The largest absolute Gasteiger partial charge is 0.508 e. The summed E-state index contributed by atoms with van der Waals surface area (Å²) in [4.78, 5) is 15.4. The number of phenols is 1. The van der Waals surface area contributed by atoms with E-state index in [-0.39, 0.29) is 11.7 Å². The maximum atomic E-state index is 13.0. The van der Waals surface area contributed by atoms with E-state index in [2.05, 4.69) is 17.1 Å². The third-order valence-electron chi connectivity index (χ3n) is 5.90. The molecule has 1 aliphatic rings. The quantitative estimate of drug-likeness (QED) is 0.666. The number of phenolic OH excluding ortho intramolecular Hbond substituents is 1. The lowest BCUT2D eigenvalue weighted by Crippen LogP contribution is -2.32. The molecule has 5 heteroatoms. The van der Waals surface area contributed by atoms with Crippen LogP contribution in [0.2, 0.25) is 0 Å². The maximum absolute atomic E-state index is 13.0. The molecule has 1 aliphatic heterocycles. The lowest BCUT2D eigenvalue weighted by Gasteiger charge is -2.30. The van der Waals surface area contributed by atoms with Crippen LogP contribution in [0.5, 0.6) is 5.75 Å². The highest BCUT2D eigenvalue weighted by molar-refractivity contribution is 6.08. The number of hydrogen-bond acceptors (Lipinski definition) is 4. The van der Waals surface area contributed by atoms with Crippen LogP contribution in [0.1, 0.15) is 47.0 Å². The van der Waals surface area contributed by atoms with Gasteiger partial charge < -0.3 is 14.8 Å². The van der Waals surface area contributed by atoms with Crippen molar-refractivity contribution in [3.63, 3.8) is 0 Å². The second-order valence-corrected chi connectivity index (χ2v) is 8.10. The average molecular weight is 392 g/mol. The smallest absolute Gasteiger partial charge is 0.255 e. The number of amides is 1. The van der Waals surface area contributed by atoms with E-state index < -0.39 is 0 Å². The van der Waals surface area contributed by atoms with Crippen LogP contribution < -0.4 is 5.32 Å². The van der Waals surface area contributed by atoms with Gasteiger partial charge in [0.25, 0.3) is 5.91 Å². The van der Waals surface area contributed by atoms with Crippen molar-refractivity contribution in [1.29, 1.82) is 0 Å². The van der Waals surface area contributed by atoms with Gasteiger partial charge in [-0.05, 0) is 56.5 Å². The first-order chi connectivity index (χ1) is 14.0. The van der Waals surface area contributed by atoms with E-state index in [0.29, 0.717) is 30.0 Å². The highest BCUT2D eigenvalue weighted by atomic mass is 16.3. The minimum absolute atomic E-state index is 0.177. The summed E-state index contributed by atoms with van der Waals surface area (Å²) in [6, 6.07) is 13.2. The van der Waals surface area contributed by atoms with Crippen molar-refractivity contribution in [2.45, 2.75) is 39.8 Å². The molecule has 152 valence electrons. The van der Waals surface area contributed by atoms with E-state index in [1.54, 1.807) is 19.1 Å². The normalized spacial score (nSPS) is 15.7. The molecular formula is C24H28N2O3. The Morgan fingerprint density at radius 2 is 1.90 bits per heavy atom. The summed E-state index contributed by atoms with van der Waals surface area (Å²) in [6.45, 7) is 7.16. The number of piperidine rings is 1. The van der Waals surface area contributed by atoms with E-state index in [9.17, 15) is 9.90 Å². The molecule has 0 atom stereocenters. The zero-order chi connectivity index (χ0) is 20.4. The number of nitrogens with one attached hydrogen (secondary N) is 1. The third-order valence-corrected chi connectivity index (χ3v) is 5.90. The van der Waals surface area contributed by atoms with Gasteiger partial charge in [-0.1, -0.05) is 37.3 Å². The maximum Gasteiger partial charge on any atom is 0.255 e. The molecule has 1 aromatic heterocycles. The summed E-state index contributed by atoms with van der Waals surface area (Å²) in [5.74, 6) is 1.36. The summed E-state index contributed by atoms with van der Waals surface area (Å²) >= 11 is 0. The molecule has 29 heavy (non-hydrogen) atoms. The van der Waals surface area contributed by atoms with Crippen molar-refractivity contribution in [2.75, 3.05) is 13.1 Å². The Morgan fingerprint density at radius 1 is 1.17 bits per heavy atom. The minimum atomic E-state index is -0.177. The Balaban J connectivity index is 1.64. The second-order valence-electron chi connectivity index (χ2n) is 8.10. The van der Waals surface area contributed by atoms with Gasteiger partial charge in [-0.25, -0.2) is 0 Å². The van der Waals surface area contributed by atoms with Gasteiger partial charge in [-0.15, -0.1) is 0 Å². The van der Waals surface area contributed by atoms with Crippen LogP contribution in [0, 0.1) is 12.8 Å². The fraction of sp³-hybridized carbons (Fsp3) is 0.375. The summed E-state index contributed by atoms with van der Waals surface area (Å²) in [7, 11) is 0. The van der Waals surface area contributed by atoms with Gasteiger partial charge in [0.2, 0.25) is 0 Å². The van der Waals surface area contributed by atoms with Crippen LogP contribution in [0.3, 0.4) is 0 Å². The fourth-order valence-electron chi connectivity index (χ4n) is 4.11. The van der Waals surface area contributed by atoms with Crippen LogP contribution in [0.25, 0.3) is 11.0 Å². The highest BCUT2D eigenvalue weighted by Crippen LogP contribution is 2.35. The Labute approximate surface area is 171 Å². The van der Waals surface area contributed by atoms with Crippen molar-refractivity contribution in [3.05, 3.63) is 64.9 Å². The lowest BCUT2D eigenvalue weighted by molar-refractivity contribution is 0.0950. The molecule has 0 spiro atoms. The molecule has 1 saturated heterocycles. The third kappa shape index (κ3) is 4.15. The van der Waals surface area contributed by atoms with Crippen molar-refractivity contribution in [1.82, 2.24) is 10.2 Å². The molecule has 3 aromatic rings. The summed E-state index contributed by atoms with van der Waals surface area (Å²) in [5.41, 5.74) is 2.98. The number of rotatable bonds is 5. The van der Waals surface area contributed by atoms with Gasteiger partial charge >= 0.3 is 0 Å². The Kier molecular flexibility index (Phi) is 5.58. The number of hydrogen-bond donors (Lipinski definition) is 2. The molecule has 2 N–H and O–H groups in total. The van der Waals surface area contributed by atoms with E-state index >= 15 is 0 Å². The van der Waals surface area contributed by atoms with Gasteiger partial charge in [0.15, 0.2) is 0 Å². The first-order valence-corrected chi connectivity index (χ1v) is 10.3. The number of carbonyl (C=O) groups is 1. The molecule has 2 aromatic carbocycles. The molecule has 1 fully saturated rings. The minimum Gasteiger partial charge on any atom is -0.508 e. The van der Waals surface area contributed by atoms with Crippen LogP contribution in [0.4, 0.5) is 0 Å². The molecule has 0 bridgehead atoms. The molecule has 5 nitrogen and oxygen atoms in total. The van der Waals surface area contributed by atoms with Crippen molar-refractivity contribution < 1.29 is 14.3 Å².